The molecule has 0 spiro atoms. The molecule has 0 unspecified atom stereocenters. The number of nitrogens with zero attached hydrogens (tertiary/aromatic N) is 4. The molecule has 0 amide bonds. The Bertz CT molecular complexity index is 1090. The van der Waals surface area contributed by atoms with Crippen LogP contribution in [0.3, 0.4) is 0 Å². The molecular weight excluding hydrogens is 384 g/mol. The number of ether oxygens (including phenoxy) is 2. The van der Waals surface area contributed by atoms with Crippen LogP contribution in [0.15, 0.2) is 51.5 Å². The lowest BCUT2D eigenvalue weighted by Crippen LogP contribution is -1.94. The summed E-state index contributed by atoms with van der Waals surface area (Å²) in [5.74, 6) is 3.67. The van der Waals surface area contributed by atoms with E-state index < -0.39 is 0 Å². The minimum atomic E-state index is 0.274. The molecule has 3 aromatic heterocycles. The summed E-state index contributed by atoms with van der Waals surface area (Å²) in [4.78, 5) is 4.73. The van der Waals surface area contributed by atoms with Gasteiger partial charge < -0.3 is 18.5 Å². The molecule has 0 saturated carbocycles. The van der Waals surface area contributed by atoms with Crippen molar-refractivity contribution in [2.75, 3.05) is 6.79 Å². The Morgan fingerprint density at radius 3 is 3.00 bits per heavy atom. The molecule has 0 N–H and O–H groups in total. The smallest absolute Gasteiger partial charge is 0.231 e. The van der Waals surface area contributed by atoms with Gasteiger partial charge in [0, 0.05) is 23.7 Å². The molecule has 0 radical (unpaired) electrons. The second-order valence-corrected chi connectivity index (χ2v) is 7.64. The number of furan rings is 1. The standard InChI is InChI=1S/C18H14N4O3S2/c1-22-16(14-3-2-6-23-14)20-21-18(22)27-9-12-8-26-17(19-12)11-4-5-13-15(7-11)25-10-24-13/h2-8H,9-10H2,1H3. The lowest BCUT2D eigenvalue weighted by molar-refractivity contribution is 0.174. The highest BCUT2D eigenvalue weighted by Gasteiger charge is 2.16. The second kappa shape index (κ2) is 6.75. The van der Waals surface area contributed by atoms with Gasteiger partial charge in [-0.1, -0.05) is 11.8 Å². The first-order chi connectivity index (χ1) is 13.3. The van der Waals surface area contributed by atoms with Crippen LogP contribution < -0.4 is 9.47 Å². The van der Waals surface area contributed by atoms with Gasteiger partial charge in [-0.15, -0.1) is 21.5 Å². The normalized spacial score (nSPS) is 12.6. The monoisotopic (exact) mass is 398 g/mol. The van der Waals surface area contributed by atoms with Gasteiger partial charge in [-0.05, 0) is 30.3 Å². The molecule has 27 heavy (non-hydrogen) atoms. The topological polar surface area (TPSA) is 75.2 Å². The molecule has 0 aliphatic carbocycles. The van der Waals surface area contributed by atoms with E-state index in [9.17, 15) is 0 Å². The average molecular weight is 398 g/mol. The SMILES string of the molecule is Cn1c(SCc2csc(-c3ccc4c(c3)OCO4)n2)nnc1-c1ccco1. The Morgan fingerprint density at radius 1 is 1.19 bits per heavy atom. The van der Waals surface area contributed by atoms with Crippen molar-refractivity contribution in [3.05, 3.63) is 47.7 Å². The molecule has 136 valence electrons. The van der Waals surface area contributed by atoms with Gasteiger partial charge in [0.25, 0.3) is 0 Å². The maximum atomic E-state index is 5.44. The average Bonchev–Trinajstić information content (AvgIpc) is 3.46. The van der Waals surface area contributed by atoms with Crippen LogP contribution in [0.5, 0.6) is 11.5 Å². The third kappa shape index (κ3) is 3.08. The van der Waals surface area contributed by atoms with Crippen molar-refractivity contribution in [3.63, 3.8) is 0 Å². The largest absolute Gasteiger partial charge is 0.461 e. The van der Waals surface area contributed by atoms with Crippen LogP contribution in [0.1, 0.15) is 5.69 Å². The summed E-state index contributed by atoms with van der Waals surface area (Å²) in [6.45, 7) is 0.274. The van der Waals surface area contributed by atoms with Gasteiger partial charge in [-0.3, -0.25) is 0 Å². The second-order valence-electron chi connectivity index (χ2n) is 5.84. The van der Waals surface area contributed by atoms with E-state index in [1.807, 2.05) is 41.9 Å². The number of fused-ring (bicyclic) bond motifs is 1. The van der Waals surface area contributed by atoms with Crippen LogP contribution >= 0.6 is 23.1 Å². The summed E-state index contributed by atoms with van der Waals surface area (Å²) >= 11 is 3.21. The summed E-state index contributed by atoms with van der Waals surface area (Å²) in [6, 6.07) is 9.60. The van der Waals surface area contributed by atoms with E-state index in [-0.39, 0.29) is 6.79 Å². The minimum absolute atomic E-state index is 0.274. The third-order valence-corrected chi connectivity index (χ3v) is 6.09. The van der Waals surface area contributed by atoms with E-state index >= 15 is 0 Å². The van der Waals surface area contributed by atoms with E-state index in [4.69, 9.17) is 18.9 Å². The zero-order valence-corrected chi connectivity index (χ0v) is 15.9. The third-order valence-electron chi connectivity index (χ3n) is 4.10. The fourth-order valence-electron chi connectivity index (χ4n) is 2.73. The number of benzene rings is 1. The summed E-state index contributed by atoms with van der Waals surface area (Å²) in [7, 11) is 1.93. The maximum absolute atomic E-state index is 5.44. The van der Waals surface area contributed by atoms with Gasteiger partial charge in [0.05, 0.1) is 12.0 Å². The molecule has 0 atom stereocenters. The van der Waals surface area contributed by atoms with Gasteiger partial charge in [-0.25, -0.2) is 4.98 Å². The Hall–Kier alpha value is -2.78. The zero-order valence-electron chi connectivity index (χ0n) is 14.3. The van der Waals surface area contributed by atoms with Gasteiger partial charge in [-0.2, -0.15) is 0 Å². The van der Waals surface area contributed by atoms with E-state index in [1.165, 1.54) is 0 Å². The molecule has 1 aliphatic rings. The fraction of sp³-hybridized carbons (Fsp3) is 0.167. The number of rotatable bonds is 5. The van der Waals surface area contributed by atoms with Crippen molar-refractivity contribution in [1.29, 1.82) is 0 Å². The molecule has 4 aromatic rings. The minimum Gasteiger partial charge on any atom is -0.461 e. The molecule has 4 heterocycles. The van der Waals surface area contributed by atoms with Crippen molar-refractivity contribution < 1.29 is 13.9 Å². The first-order valence-corrected chi connectivity index (χ1v) is 10.0. The molecule has 1 aliphatic heterocycles. The van der Waals surface area contributed by atoms with Gasteiger partial charge in [0.15, 0.2) is 28.2 Å². The van der Waals surface area contributed by atoms with Crippen LogP contribution in [0.25, 0.3) is 22.2 Å². The van der Waals surface area contributed by atoms with Crippen LogP contribution in [-0.2, 0) is 12.8 Å². The predicted molar refractivity (Wildman–Crippen MR) is 102 cm³/mol. The van der Waals surface area contributed by atoms with Crippen molar-refractivity contribution in [2.45, 2.75) is 10.9 Å². The molecule has 0 bridgehead atoms. The van der Waals surface area contributed by atoms with Crippen molar-refractivity contribution in [3.8, 4) is 33.7 Å². The van der Waals surface area contributed by atoms with Crippen molar-refractivity contribution in [1.82, 2.24) is 19.7 Å². The van der Waals surface area contributed by atoms with Crippen LogP contribution in [0.2, 0.25) is 0 Å². The summed E-state index contributed by atoms with van der Waals surface area (Å²) in [5.41, 5.74) is 2.03. The van der Waals surface area contributed by atoms with Crippen molar-refractivity contribution in [2.24, 2.45) is 7.05 Å². The number of thiazole rings is 1. The fourth-order valence-corrected chi connectivity index (χ4v) is 4.46. The van der Waals surface area contributed by atoms with Crippen LogP contribution in [0.4, 0.5) is 0 Å². The Labute approximate surface area is 163 Å². The zero-order chi connectivity index (χ0) is 18.2. The first kappa shape index (κ1) is 16.4. The van der Waals surface area contributed by atoms with Crippen molar-refractivity contribution >= 4 is 23.1 Å². The molecule has 0 fully saturated rings. The van der Waals surface area contributed by atoms with Crippen LogP contribution in [-0.4, -0.2) is 26.5 Å². The Balaban J connectivity index is 1.30. The Kier molecular flexibility index (Phi) is 4.10. The Morgan fingerprint density at radius 2 is 2.11 bits per heavy atom. The van der Waals surface area contributed by atoms with Gasteiger partial charge in [0.1, 0.15) is 5.01 Å². The highest BCUT2D eigenvalue weighted by Crippen LogP contribution is 2.37. The first-order valence-electron chi connectivity index (χ1n) is 8.18. The maximum Gasteiger partial charge on any atom is 0.231 e. The van der Waals surface area contributed by atoms with E-state index in [0.717, 1.165) is 32.9 Å². The molecule has 9 heteroatoms. The summed E-state index contributed by atoms with van der Waals surface area (Å²) < 4.78 is 18.1. The number of hydrogen-bond donors (Lipinski definition) is 0. The number of thioether (sulfide) groups is 1. The van der Waals surface area contributed by atoms with E-state index in [0.29, 0.717) is 17.3 Å². The number of aromatic nitrogens is 4. The predicted octanol–water partition coefficient (Wildman–Crippen LogP) is 4.22. The number of hydrogen-bond acceptors (Lipinski definition) is 8. The molecule has 0 saturated heterocycles. The summed E-state index contributed by atoms with van der Waals surface area (Å²) in [5, 5.41) is 12.3. The van der Waals surface area contributed by atoms with Gasteiger partial charge >= 0.3 is 0 Å². The van der Waals surface area contributed by atoms with Crippen LogP contribution in [0, 0.1) is 0 Å². The molecule has 7 nitrogen and oxygen atoms in total. The van der Waals surface area contributed by atoms with E-state index in [1.54, 1.807) is 29.4 Å². The molecule has 1 aromatic carbocycles. The lowest BCUT2D eigenvalue weighted by Gasteiger charge is -2.01. The highest BCUT2D eigenvalue weighted by molar-refractivity contribution is 7.98. The summed E-state index contributed by atoms with van der Waals surface area (Å²) in [6.07, 6.45) is 1.63. The quantitative estimate of drug-likeness (QED) is 0.466. The molecular formula is C18H14N4O3S2. The van der Waals surface area contributed by atoms with E-state index in [2.05, 4.69) is 15.6 Å². The van der Waals surface area contributed by atoms with Gasteiger partial charge in [0.2, 0.25) is 6.79 Å². The highest BCUT2D eigenvalue weighted by atomic mass is 32.2. The molecule has 5 rings (SSSR count). The lowest BCUT2D eigenvalue weighted by atomic mass is 10.2.